The molecule has 1 aliphatic rings. The average molecular weight is 262 g/mol. The van der Waals surface area contributed by atoms with Crippen LogP contribution in [0.3, 0.4) is 0 Å². The lowest BCUT2D eigenvalue weighted by molar-refractivity contribution is 0.0455. The summed E-state index contributed by atoms with van der Waals surface area (Å²) in [6, 6.07) is 3.70. The molecule has 0 aliphatic carbocycles. The van der Waals surface area contributed by atoms with Crippen molar-refractivity contribution < 1.29 is 4.79 Å². The number of nitrogens with zero attached hydrogens (tertiary/aromatic N) is 2. The number of aromatic nitrogens is 1. The van der Waals surface area contributed by atoms with Gasteiger partial charge in [0.25, 0.3) is 5.91 Å². The third kappa shape index (κ3) is 2.87. The standard InChI is InChI=1S/C14H22N4O/c1-9-6-10(2)11(3)18(8-9)14(19)12-4-5-16-13(7-12)17-15/h4-5,7,9-11H,6,8,15H2,1-3H3,(H,16,17). The van der Waals surface area contributed by atoms with Crippen molar-refractivity contribution in [1.82, 2.24) is 9.88 Å². The molecule has 0 bridgehead atoms. The number of nitrogen functional groups attached to an aromatic ring is 1. The van der Waals surface area contributed by atoms with Gasteiger partial charge in [-0.05, 0) is 37.3 Å². The fourth-order valence-corrected chi connectivity index (χ4v) is 2.79. The summed E-state index contributed by atoms with van der Waals surface area (Å²) >= 11 is 0. The van der Waals surface area contributed by atoms with Crippen LogP contribution in [0.5, 0.6) is 0 Å². The fraction of sp³-hybridized carbons (Fsp3) is 0.571. The van der Waals surface area contributed by atoms with Crippen LogP contribution in [0.25, 0.3) is 0 Å². The number of hydrogen-bond acceptors (Lipinski definition) is 4. The van der Waals surface area contributed by atoms with E-state index in [-0.39, 0.29) is 11.9 Å². The van der Waals surface area contributed by atoms with Gasteiger partial charge in [-0.15, -0.1) is 0 Å². The van der Waals surface area contributed by atoms with Gasteiger partial charge in [0.2, 0.25) is 0 Å². The van der Waals surface area contributed by atoms with Crippen LogP contribution in [0.1, 0.15) is 37.6 Å². The quantitative estimate of drug-likeness (QED) is 0.630. The molecule has 5 nitrogen and oxygen atoms in total. The van der Waals surface area contributed by atoms with Crippen molar-refractivity contribution in [1.29, 1.82) is 0 Å². The number of likely N-dealkylation sites (tertiary alicyclic amines) is 1. The molecule has 19 heavy (non-hydrogen) atoms. The first-order valence-electron chi connectivity index (χ1n) is 6.76. The van der Waals surface area contributed by atoms with Crippen LogP contribution in [0.2, 0.25) is 0 Å². The number of hydrogen-bond donors (Lipinski definition) is 2. The van der Waals surface area contributed by atoms with Crippen molar-refractivity contribution in [2.45, 2.75) is 33.2 Å². The largest absolute Gasteiger partial charge is 0.335 e. The molecule has 1 aromatic heterocycles. The molecule has 5 heteroatoms. The maximum atomic E-state index is 12.6. The van der Waals surface area contributed by atoms with Crippen molar-refractivity contribution in [2.75, 3.05) is 12.0 Å². The highest BCUT2D eigenvalue weighted by Gasteiger charge is 2.32. The maximum absolute atomic E-state index is 12.6. The van der Waals surface area contributed by atoms with E-state index in [1.807, 2.05) is 4.90 Å². The van der Waals surface area contributed by atoms with Crippen LogP contribution in [0, 0.1) is 11.8 Å². The average Bonchev–Trinajstić information content (AvgIpc) is 2.42. The zero-order valence-electron chi connectivity index (χ0n) is 11.8. The Morgan fingerprint density at radius 1 is 1.47 bits per heavy atom. The highest BCUT2D eigenvalue weighted by Crippen LogP contribution is 2.28. The Kier molecular flexibility index (Phi) is 4.04. The molecular weight excluding hydrogens is 240 g/mol. The first kappa shape index (κ1) is 13.8. The maximum Gasteiger partial charge on any atom is 0.254 e. The monoisotopic (exact) mass is 262 g/mol. The number of amides is 1. The Bertz CT molecular complexity index is 463. The Labute approximate surface area is 114 Å². The van der Waals surface area contributed by atoms with E-state index in [1.54, 1.807) is 18.3 Å². The smallest absolute Gasteiger partial charge is 0.254 e. The van der Waals surface area contributed by atoms with Gasteiger partial charge in [0.05, 0.1) is 0 Å². The predicted molar refractivity (Wildman–Crippen MR) is 75.5 cm³/mol. The summed E-state index contributed by atoms with van der Waals surface area (Å²) in [5.41, 5.74) is 3.11. The Morgan fingerprint density at radius 2 is 2.21 bits per heavy atom. The summed E-state index contributed by atoms with van der Waals surface area (Å²) in [6.45, 7) is 7.35. The lowest BCUT2D eigenvalue weighted by Gasteiger charge is -2.41. The van der Waals surface area contributed by atoms with E-state index in [0.717, 1.165) is 6.54 Å². The fourth-order valence-electron chi connectivity index (χ4n) is 2.79. The second-order valence-electron chi connectivity index (χ2n) is 5.59. The molecule has 0 spiro atoms. The number of rotatable bonds is 2. The molecule has 3 atom stereocenters. The topological polar surface area (TPSA) is 71.2 Å². The molecule has 2 rings (SSSR count). The highest BCUT2D eigenvalue weighted by atomic mass is 16.2. The van der Waals surface area contributed by atoms with E-state index in [4.69, 9.17) is 5.84 Å². The molecule has 1 aliphatic heterocycles. The molecule has 0 aromatic carbocycles. The minimum Gasteiger partial charge on any atom is -0.335 e. The van der Waals surface area contributed by atoms with Crippen molar-refractivity contribution in [3.8, 4) is 0 Å². The number of anilines is 1. The first-order valence-corrected chi connectivity index (χ1v) is 6.76. The van der Waals surface area contributed by atoms with Crippen molar-refractivity contribution >= 4 is 11.7 Å². The Hall–Kier alpha value is -1.62. The molecule has 1 saturated heterocycles. The van der Waals surface area contributed by atoms with E-state index in [1.165, 1.54) is 6.42 Å². The third-order valence-electron chi connectivity index (χ3n) is 4.01. The minimum absolute atomic E-state index is 0.0600. The van der Waals surface area contributed by atoms with E-state index in [0.29, 0.717) is 23.2 Å². The number of pyridine rings is 1. The van der Waals surface area contributed by atoms with Gasteiger partial charge in [0.15, 0.2) is 0 Å². The molecule has 104 valence electrons. The summed E-state index contributed by atoms with van der Waals surface area (Å²) in [7, 11) is 0. The normalized spacial score (nSPS) is 27.2. The van der Waals surface area contributed by atoms with Gasteiger partial charge in [-0.3, -0.25) is 4.79 Å². The van der Waals surface area contributed by atoms with E-state index in [9.17, 15) is 4.79 Å². The highest BCUT2D eigenvalue weighted by molar-refractivity contribution is 5.95. The molecular formula is C14H22N4O. The van der Waals surface area contributed by atoms with Crippen molar-refractivity contribution in [3.63, 3.8) is 0 Å². The van der Waals surface area contributed by atoms with Gasteiger partial charge in [-0.1, -0.05) is 13.8 Å². The molecule has 3 unspecified atom stereocenters. The number of carbonyl (C=O) groups is 1. The number of hydrazine groups is 1. The number of nitrogens with one attached hydrogen (secondary N) is 1. The molecule has 0 radical (unpaired) electrons. The zero-order valence-corrected chi connectivity index (χ0v) is 11.8. The van der Waals surface area contributed by atoms with Crippen LogP contribution in [-0.2, 0) is 0 Å². The number of carbonyl (C=O) groups excluding carboxylic acids is 1. The summed E-state index contributed by atoms with van der Waals surface area (Å²) < 4.78 is 0. The molecule has 0 saturated carbocycles. The van der Waals surface area contributed by atoms with Gasteiger partial charge < -0.3 is 10.3 Å². The molecule has 2 heterocycles. The van der Waals surface area contributed by atoms with Crippen LogP contribution in [-0.4, -0.2) is 28.4 Å². The summed E-state index contributed by atoms with van der Waals surface area (Å²) in [5.74, 6) is 6.98. The number of piperidine rings is 1. The van der Waals surface area contributed by atoms with Crippen molar-refractivity contribution in [3.05, 3.63) is 23.9 Å². The van der Waals surface area contributed by atoms with E-state index < -0.39 is 0 Å². The summed E-state index contributed by atoms with van der Waals surface area (Å²) in [6.07, 6.45) is 2.78. The van der Waals surface area contributed by atoms with Crippen LogP contribution in [0.4, 0.5) is 5.82 Å². The first-order chi connectivity index (χ1) is 9.02. The van der Waals surface area contributed by atoms with Gasteiger partial charge in [-0.2, -0.15) is 0 Å². The predicted octanol–water partition coefficient (Wildman–Crippen LogP) is 1.87. The van der Waals surface area contributed by atoms with Gasteiger partial charge in [-0.25, -0.2) is 10.8 Å². The number of nitrogens with two attached hydrogens (primary N) is 1. The SMILES string of the molecule is CC1CC(C)C(C)N(C(=O)c2ccnc(NN)c2)C1. The van der Waals surface area contributed by atoms with Crippen LogP contribution < -0.4 is 11.3 Å². The van der Waals surface area contributed by atoms with Crippen LogP contribution >= 0.6 is 0 Å². The van der Waals surface area contributed by atoms with Gasteiger partial charge in [0.1, 0.15) is 5.82 Å². The lowest BCUT2D eigenvalue weighted by Crippen LogP contribution is -2.48. The second kappa shape index (κ2) is 5.57. The van der Waals surface area contributed by atoms with Crippen LogP contribution in [0.15, 0.2) is 18.3 Å². The van der Waals surface area contributed by atoms with Gasteiger partial charge >= 0.3 is 0 Å². The Morgan fingerprint density at radius 3 is 2.89 bits per heavy atom. The second-order valence-corrected chi connectivity index (χ2v) is 5.59. The molecule has 1 fully saturated rings. The molecule has 1 amide bonds. The molecule has 3 N–H and O–H groups in total. The van der Waals surface area contributed by atoms with Gasteiger partial charge in [0, 0.05) is 24.3 Å². The van der Waals surface area contributed by atoms with Crippen molar-refractivity contribution in [2.24, 2.45) is 17.7 Å². The Balaban J connectivity index is 2.22. The van der Waals surface area contributed by atoms with E-state index in [2.05, 4.69) is 31.2 Å². The summed E-state index contributed by atoms with van der Waals surface area (Å²) in [5, 5.41) is 0. The lowest BCUT2D eigenvalue weighted by atomic mass is 9.85. The molecule has 1 aromatic rings. The minimum atomic E-state index is 0.0600. The summed E-state index contributed by atoms with van der Waals surface area (Å²) in [4.78, 5) is 18.6. The van der Waals surface area contributed by atoms with E-state index >= 15 is 0 Å². The zero-order chi connectivity index (χ0) is 14.0. The third-order valence-corrected chi connectivity index (χ3v) is 4.01.